The first-order chi connectivity index (χ1) is 19.4. The Bertz CT molecular complexity index is 1280. The summed E-state index contributed by atoms with van der Waals surface area (Å²) in [5, 5.41) is 0. The number of benzene rings is 4. The van der Waals surface area contributed by atoms with E-state index in [1.165, 1.54) is 22.3 Å². The molecule has 4 N–H and O–H groups in total. The summed E-state index contributed by atoms with van der Waals surface area (Å²) < 4.78 is 0. The average molecular weight is 539 g/mol. The highest BCUT2D eigenvalue weighted by Crippen LogP contribution is 2.34. The van der Waals surface area contributed by atoms with Crippen LogP contribution in [0.15, 0.2) is 110 Å². The summed E-state index contributed by atoms with van der Waals surface area (Å²) in [4.78, 5) is 9.61. The maximum atomic E-state index is 5.25. The standard InChI is InChI=1S/C17H19NO.C15H15NO.2C2H6/c1-4-13-12-15(10-11-16(13)19-18)17(2,3)14-8-6-5-7-9-14;1-2-14-11-13(8-9-15(14)17-16)10-12-6-4-3-5-7-12;2*1-2/h4-12H,1,18H2,2-3H3;2-9,11H,1,10,16H2;2*1-2H3. The van der Waals surface area contributed by atoms with Crippen LogP contribution >= 0.6 is 0 Å². The van der Waals surface area contributed by atoms with Crippen LogP contribution in [0.25, 0.3) is 12.2 Å². The topological polar surface area (TPSA) is 70.5 Å². The van der Waals surface area contributed by atoms with Gasteiger partial charge in [0.2, 0.25) is 0 Å². The summed E-state index contributed by atoms with van der Waals surface area (Å²) in [6.07, 6.45) is 4.40. The quantitative estimate of drug-likeness (QED) is 0.219. The van der Waals surface area contributed by atoms with E-state index in [-0.39, 0.29) is 5.41 Å². The van der Waals surface area contributed by atoms with E-state index in [0.29, 0.717) is 11.5 Å². The minimum atomic E-state index is -0.0772. The predicted molar refractivity (Wildman–Crippen MR) is 173 cm³/mol. The zero-order valence-electron chi connectivity index (χ0n) is 25.0. The maximum Gasteiger partial charge on any atom is 0.154 e. The summed E-state index contributed by atoms with van der Waals surface area (Å²) in [6.45, 7) is 20.0. The van der Waals surface area contributed by atoms with E-state index in [1.807, 2.05) is 82.3 Å². The molecule has 0 aliphatic heterocycles. The van der Waals surface area contributed by atoms with Crippen LogP contribution in [-0.4, -0.2) is 0 Å². The number of rotatable bonds is 8. The molecule has 0 unspecified atom stereocenters. The monoisotopic (exact) mass is 538 g/mol. The summed E-state index contributed by atoms with van der Waals surface area (Å²) in [7, 11) is 0. The van der Waals surface area contributed by atoms with E-state index in [4.69, 9.17) is 21.5 Å². The van der Waals surface area contributed by atoms with Crippen molar-refractivity contribution in [3.05, 3.63) is 144 Å². The lowest BCUT2D eigenvalue weighted by Gasteiger charge is -2.26. The molecule has 0 amide bonds. The van der Waals surface area contributed by atoms with E-state index >= 15 is 0 Å². The smallest absolute Gasteiger partial charge is 0.154 e. The van der Waals surface area contributed by atoms with Crippen molar-refractivity contribution >= 4 is 12.2 Å². The van der Waals surface area contributed by atoms with Gasteiger partial charge >= 0.3 is 0 Å². The molecule has 0 heterocycles. The number of hydrogen-bond donors (Lipinski definition) is 2. The highest BCUT2D eigenvalue weighted by atomic mass is 16.6. The molecule has 4 aromatic rings. The number of hydrogen-bond acceptors (Lipinski definition) is 4. The Morgan fingerprint density at radius 1 is 0.600 bits per heavy atom. The van der Waals surface area contributed by atoms with Gasteiger partial charge in [0.05, 0.1) is 0 Å². The SMILES string of the molecule is C=Cc1cc(C(C)(C)c2ccccc2)ccc1ON.C=Cc1cc(Cc2ccccc2)ccc1ON.CC.CC. The van der Waals surface area contributed by atoms with Crippen molar-refractivity contribution in [3.8, 4) is 11.5 Å². The van der Waals surface area contributed by atoms with E-state index in [2.05, 4.69) is 69.5 Å². The fourth-order valence-electron chi connectivity index (χ4n) is 4.03. The minimum absolute atomic E-state index is 0.0772. The Hall–Kier alpha value is -4.12. The first kappa shape index (κ1) is 33.9. The lowest BCUT2D eigenvalue weighted by molar-refractivity contribution is 0.333. The van der Waals surface area contributed by atoms with Crippen LogP contribution in [0.1, 0.15) is 74.9 Å². The van der Waals surface area contributed by atoms with Crippen LogP contribution in [0.4, 0.5) is 0 Å². The zero-order valence-corrected chi connectivity index (χ0v) is 25.0. The molecule has 40 heavy (non-hydrogen) atoms. The highest BCUT2D eigenvalue weighted by molar-refractivity contribution is 5.59. The average Bonchev–Trinajstić information content (AvgIpc) is 3.03. The third-order valence-corrected chi connectivity index (χ3v) is 6.25. The lowest BCUT2D eigenvalue weighted by Crippen LogP contribution is -2.19. The first-order valence-corrected chi connectivity index (χ1v) is 13.8. The van der Waals surface area contributed by atoms with Crippen molar-refractivity contribution in [1.29, 1.82) is 0 Å². The highest BCUT2D eigenvalue weighted by Gasteiger charge is 2.23. The Morgan fingerprint density at radius 3 is 1.57 bits per heavy atom. The minimum Gasteiger partial charge on any atom is -0.411 e. The van der Waals surface area contributed by atoms with Crippen LogP contribution in [-0.2, 0) is 11.8 Å². The molecular formula is C36H46N2O2. The first-order valence-electron chi connectivity index (χ1n) is 13.8. The van der Waals surface area contributed by atoms with Crippen molar-refractivity contribution in [1.82, 2.24) is 0 Å². The normalized spacial score (nSPS) is 9.80. The second-order valence-corrected chi connectivity index (χ2v) is 8.92. The molecule has 4 heteroatoms. The largest absolute Gasteiger partial charge is 0.411 e. The summed E-state index contributed by atoms with van der Waals surface area (Å²) >= 11 is 0. The summed E-state index contributed by atoms with van der Waals surface area (Å²) in [5.74, 6) is 11.7. The van der Waals surface area contributed by atoms with Gasteiger partial charge in [-0.2, -0.15) is 11.8 Å². The van der Waals surface area contributed by atoms with Gasteiger partial charge in [0.1, 0.15) is 0 Å². The Labute approximate surface area is 241 Å². The third kappa shape index (κ3) is 9.57. The second-order valence-electron chi connectivity index (χ2n) is 8.92. The number of nitrogens with two attached hydrogens (primary N) is 2. The van der Waals surface area contributed by atoms with Crippen molar-refractivity contribution in [2.24, 2.45) is 11.8 Å². The molecule has 0 spiro atoms. The maximum absolute atomic E-state index is 5.25. The fourth-order valence-corrected chi connectivity index (χ4v) is 4.03. The van der Waals surface area contributed by atoms with E-state index in [0.717, 1.165) is 17.5 Å². The van der Waals surface area contributed by atoms with Crippen molar-refractivity contribution in [2.45, 2.75) is 53.4 Å². The van der Waals surface area contributed by atoms with Gasteiger partial charge in [-0.05, 0) is 52.9 Å². The van der Waals surface area contributed by atoms with Gasteiger partial charge in [-0.15, -0.1) is 0 Å². The molecule has 4 rings (SSSR count). The Balaban J connectivity index is 0.000000358. The molecule has 0 aromatic heterocycles. The van der Waals surface area contributed by atoms with Crippen molar-refractivity contribution < 1.29 is 9.68 Å². The Kier molecular flexibility index (Phi) is 15.4. The van der Waals surface area contributed by atoms with Gasteiger partial charge in [-0.25, -0.2) is 0 Å². The summed E-state index contributed by atoms with van der Waals surface area (Å²) in [5.41, 5.74) is 6.72. The molecule has 0 saturated heterocycles. The van der Waals surface area contributed by atoms with Gasteiger partial charge in [0, 0.05) is 16.5 Å². The van der Waals surface area contributed by atoms with Gasteiger partial charge in [0.25, 0.3) is 0 Å². The molecule has 0 aliphatic rings. The van der Waals surface area contributed by atoms with E-state index < -0.39 is 0 Å². The van der Waals surface area contributed by atoms with Crippen molar-refractivity contribution in [3.63, 3.8) is 0 Å². The molecule has 0 radical (unpaired) electrons. The second kappa shape index (κ2) is 18.2. The molecular weight excluding hydrogens is 492 g/mol. The Morgan fingerprint density at radius 2 is 1.07 bits per heavy atom. The molecule has 212 valence electrons. The van der Waals surface area contributed by atoms with Gasteiger partial charge in [-0.1, -0.05) is 140 Å². The van der Waals surface area contributed by atoms with Crippen molar-refractivity contribution in [2.75, 3.05) is 0 Å². The molecule has 0 bridgehead atoms. The molecule has 0 fully saturated rings. The molecule has 0 saturated carbocycles. The molecule has 4 aromatic carbocycles. The van der Waals surface area contributed by atoms with E-state index in [1.54, 1.807) is 12.2 Å². The predicted octanol–water partition coefficient (Wildman–Crippen LogP) is 9.13. The zero-order chi connectivity index (χ0) is 30.0. The molecule has 0 aliphatic carbocycles. The molecule has 0 atom stereocenters. The lowest BCUT2D eigenvalue weighted by atomic mass is 9.77. The van der Waals surface area contributed by atoms with Gasteiger partial charge in [-0.3, -0.25) is 0 Å². The van der Waals surface area contributed by atoms with Crippen LogP contribution in [0.5, 0.6) is 11.5 Å². The van der Waals surface area contributed by atoms with Gasteiger partial charge in [0.15, 0.2) is 11.5 Å². The van der Waals surface area contributed by atoms with Crippen LogP contribution < -0.4 is 21.5 Å². The van der Waals surface area contributed by atoms with Crippen LogP contribution in [0.3, 0.4) is 0 Å². The van der Waals surface area contributed by atoms with E-state index in [9.17, 15) is 0 Å². The fraction of sp³-hybridized carbons (Fsp3) is 0.222. The van der Waals surface area contributed by atoms with Crippen LogP contribution in [0.2, 0.25) is 0 Å². The molecule has 4 nitrogen and oxygen atoms in total. The van der Waals surface area contributed by atoms with Gasteiger partial charge < -0.3 is 9.68 Å². The van der Waals surface area contributed by atoms with Crippen LogP contribution in [0, 0.1) is 0 Å². The third-order valence-electron chi connectivity index (χ3n) is 6.25. The summed E-state index contributed by atoms with van der Waals surface area (Å²) in [6, 6.07) is 32.7.